The Kier molecular flexibility index (Phi) is 6.56. The number of aryl methyl sites for hydroxylation is 1. The molecule has 0 aliphatic carbocycles. The standard InChI is InChI=1S/C29H29NO2S/c31-24-15-16-25-26(20-24)33-29(23-9-3-1-4-10-23)27(25)28(32)22-13-11-21(12-14-22)8-7-19-30-17-5-2-6-18-30/h1,3-4,9-16,20,31H,2,5-8,17-19H2. The lowest BCUT2D eigenvalue weighted by Crippen LogP contribution is -2.30. The summed E-state index contributed by atoms with van der Waals surface area (Å²) in [4.78, 5) is 17.2. The van der Waals surface area contributed by atoms with Crippen molar-refractivity contribution in [1.29, 1.82) is 0 Å². The van der Waals surface area contributed by atoms with Crippen LogP contribution in [0.5, 0.6) is 5.75 Å². The van der Waals surface area contributed by atoms with E-state index in [0.717, 1.165) is 45.5 Å². The predicted molar refractivity (Wildman–Crippen MR) is 137 cm³/mol. The van der Waals surface area contributed by atoms with Crippen LogP contribution in [0.2, 0.25) is 0 Å². The minimum absolute atomic E-state index is 0.0330. The summed E-state index contributed by atoms with van der Waals surface area (Å²) in [5.41, 5.74) is 3.74. The van der Waals surface area contributed by atoms with Gasteiger partial charge in [-0.05, 0) is 74.6 Å². The molecule has 1 N–H and O–H groups in total. The van der Waals surface area contributed by atoms with E-state index in [9.17, 15) is 9.90 Å². The Morgan fingerprint density at radius 1 is 0.909 bits per heavy atom. The molecular formula is C29H29NO2S. The Morgan fingerprint density at radius 3 is 2.42 bits per heavy atom. The summed E-state index contributed by atoms with van der Waals surface area (Å²) in [5, 5.41) is 10.9. The molecule has 168 valence electrons. The van der Waals surface area contributed by atoms with Gasteiger partial charge in [0.15, 0.2) is 5.78 Å². The minimum atomic E-state index is 0.0330. The Morgan fingerprint density at radius 2 is 1.67 bits per heavy atom. The summed E-state index contributed by atoms with van der Waals surface area (Å²) in [6, 6.07) is 23.4. The molecule has 0 amide bonds. The molecule has 33 heavy (non-hydrogen) atoms. The van der Waals surface area contributed by atoms with Gasteiger partial charge in [0.2, 0.25) is 0 Å². The maximum Gasteiger partial charge on any atom is 0.195 e. The van der Waals surface area contributed by atoms with Crippen molar-refractivity contribution in [2.75, 3.05) is 19.6 Å². The van der Waals surface area contributed by atoms with E-state index in [1.165, 1.54) is 37.9 Å². The Bertz CT molecular complexity index is 1240. The molecule has 0 atom stereocenters. The summed E-state index contributed by atoms with van der Waals surface area (Å²) >= 11 is 1.56. The molecule has 4 aromatic rings. The number of carbonyl (C=O) groups excluding carboxylic acids is 1. The number of ketones is 1. The lowest BCUT2D eigenvalue weighted by atomic mass is 9.96. The molecule has 1 aliphatic heterocycles. The number of hydrogen-bond donors (Lipinski definition) is 1. The van der Waals surface area contributed by atoms with Crippen molar-refractivity contribution < 1.29 is 9.90 Å². The van der Waals surface area contributed by atoms with Crippen LogP contribution >= 0.6 is 11.3 Å². The van der Waals surface area contributed by atoms with Crippen LogP contribution in [-0.4, -0.2) is 35.4 Å². The predicted octanol–water partition coefficient (Wildman–Crippen LogP) is 6.92. The molecule has 1 aliphatic rings. The number of thiophene rings is 1. The molecule has 1 saturated heterocycles. The molecule has 1 fully saturated rings. The summed E-state index contributed by atoms with van der Waals surface area (Å²) in [6.07, 6.45) is 6.24. The first-order valence-electron chi connectivity index (χ1n) is 11.9. The summed E-state index contributed by atoms with van der Waals surface area (Å²) in [5.74, 6) is 0.252. The Hall–Kier alpha value is -2.95. The van der Waals surface area contributed by atoms with Crippen LogP contribution in [0.3, 0.4) is 0 Å². The van der Waals surface area contributed by atoms with E-state index in [2.05, 4.69) is 17.0 Å². The number of aromatic hydroxyl groups is 1. The van der Waals surface area contributed by atoms with E-state index in [1.807, 2.05) is 48.5 Å². The fourth-order valence-corrected chi connectivity index (χ4v) is 6.00. The quantitative estimate of drug-likeness (QED) is 0.307. The van der Waals surface area contributed by atoms with Gasteiger partial charge >= 0.3 is 0 Å². The SMILES string of the molecule is O=C(c1ccc(CCCN2CCCCC2)cc1)c1c(-c2ccccc2)sc2cc(O)ccc12. The second-order valence-electron chi connectivity index (χ2n) is 8.88. The highest BCUT2D eigenvalue weighted by Gasteiger charge is 2.21. The number of phenols is 1. The van der Waals surface area contributed by atoms with Gasteiger partial charge in [-0.25, -0.2) is 0 Å². The minimum Gasteiger partial charge on any atom is -0.508 e. The van der Waals surface area contributed by atoms with Gasteiger partial charge in [0.1, 0.15) is 5.75 Å². The number of rotatable bonds is 7. The van der Waals surface area contributed by atoms with Crippen molar-refractivity contribution in [3.63, 3.8) is 0 Å². The molecule has 0 saturated carbocycles. The number of nitrogens with zero attached hydrogens (tertiary/aromatic N) is 1. The van der Waals surface area contributed by atoms with Crippen LogP contribution in [0, 0.1) is 0 Å². The normalized spacial score (nSPS) is 14.5. The number of piperidine rings is 1. The third-order valence-electron chi connectivity index (χ3n) is 6.54. The molecule has 0 unspecified atom stereocenters. The first-order valence-corrected chi connectivity index (χ1v) is 12.7. The van der Waals surface area contributed by atoms with Gasteiger partial charge in [-0.2, -0.15) is 0 Å². The Labute approximate surface area is 199 Å². The first kappa shape index (κ1) is 21.9. The molecule has 4 heteroatoms. The van der Waals surface area contributed by atoms with Crippen LogP contribution in [-0.2, 0) is 6.42 Å². The molecule has 1 aromatic heterocycles. The number of likely N-dealkylation sites (tertiary alicyclic amines) is 1. The molecule has 0 radical (unpaired) electrons. The van der Waals surface area contributed by atoms with Crippen LogP contribution in [0.15, 0.2) is 72.8 Å². The van der Waals surface area contributed by atoms with Crippen LogP contribution in [0.4, 0.5) is 0 Å². The van der Waals surface area contributed by atoms with Crippen molar-refractivity contribution in [2.45, 2.75) is 32.1 Å². The Balaban J connectivity index is 1.38. The first-order chi connectivity index (χ1) is 16.2. The third-order valence-corrected chi connectivity index (χ3v) is 7.74. The largest absolute Gasteiger partial charge is 0.508 e. The molecule has 2 heterocycles. The van der Waals surface area contributed by atoms with Crippen molar-refractivity contribution in [3.8, 4) is 16.2 Å². The highest BCUT2D eigenvalue weighted by Crippen LogP contribution is 2.41. The average molecular weight is 456 g/mol. The average Bonchev–Trinajstić information content (AvgIpc) is 3.24. The fourth-order valence-electron chi connectivity index (χ4n) is 4.76. The number of carbonyl (C=O) groups is 1. The zero-order chi connectivity index (χ0) is 22.6. The number of fused-ring (bicyclic) bond motifs is 1. The molecule has 0 bridgehead atoms. The zero-order valence-corrected chi connectivity index (χ0v) is 19.6. The zero-order valence-electron chi connectivity index (χ0n) is 18.8. The van der Waals surface area contributed by atoms with Gasteiger partial charge in [0.25, 0.3) is 0 Å². The van der Waals surface area contributed by atoms with E-state index in [4.69, 9.17) is 0 Å². The van der Waals surface area contributed by atoms with Crippen LogP contribution < -0.4 is 0 Å². The smallest absolute Gasteiger partial charge is 0.195 e. The van der Waals surface area contributed by atoms with Gasteiger partial charge in [-0.15, -0.1) is 11.3 Å². The molecular weight excluding hydrogens is 426 g/mol. The second kappa shape index (κ2) is 9.90. The van der Waals surface area contributed by atoms with E-state index in [0.29, 0.717) is 5.56 Å². The number of phenolic OH excluding ortho intramolecular Hbond substituents is 1. The molecule has 0 spiro atoms. The van der Waals surface area contributed by atoms with Gasteiger partial charge < -0.3 is 10.0 Å². The highest BCUT2D eigenvalue weighted by molar-refractivity contribution is 7.22. The van der Waals surface area contributed by atoms with Gasteiger partial charge in [-0.3, -0.25) is 4.79 Å². The van der Waals surface area contributed by atoms with E-state index < -0.39 is 0 Å². The molecule has 3 nitrogen and oxygen atoms in total. The summed E-state index contributed by atoms with van der Waals surface area (Å²) < 4.78 is 0.923. The second-order valence-corrected chi connectivity index (χ2v) is 9.94. The van der Waals surface area contributed by atoms with Crippen molar-refractivity contribution >= 4 is 27.2 Å². The maximum atomic E-state index is 13.7. The van der Waals surface area contributed by atoms with Crippen molar-refractivity contribution in [3.05, 3.63) is 89.5 Å². The third kappa shape index (κ3) is 4.87. The maximum absolute atomic E-state index is 13.7. The molecule has 5 rings (SSSR count). The summed E-state index contributed by atoms with van der Waals surface area (Å²) in [7, 11) is 0. The fraction of sp³-hybridized carbons (Fsp3) is 0.276. The number of hydrogen-bond acceptors (Lipinski definition) is 4. The van der Waals surface area contributed by atoms with E-state index >= 15 is 0 Å². The highest BCUT2D eigenvalue weighted by atomic mass is 32.1. The van der Waals surface area contributed by atoms with E-state index in [1.54, 1.807) is 23.5 Å². The van der Waals surface area contributed by atoms with Crippen LogP contribution in [0.1, 0.15) is 47.2 Å². The van der Waals surface area contributed by atoms with Crippen LogP contribution in [0.25, 0.3) is 20.5 Å². The molecule has 3 aromatic carbocycles. The summed E-state index contributed by atoms with van der Waals surface area (Å²) in [6.45, 7) is 3.64. The van der Waals surface area contributed by atoms with Crippen molar-refractivity contribution in [1.82, 2.24) is 4.90 Å². The van der Waals surface area contributed by atoms with Gasteiger partial charge in [0.05, 0.1) is 0 Å². The topological polar surface area (TPSA) is 40.5 Å². The van der Waals surface area contributed by atoms with Gasteiger partial charge in [-0.1, -0.05) is 61.0 Å². The van der Waals surface area contributed by atoms with Crippen molar-refractivity contribution in [2.24, 2.45) is 0 Å². The lowest BCUT2D eigenvalue weighted by molar-refractivity contribution is 0.104. The lowest BCUT2D eigenvalue weighted by Gasteiger charge is -2.26. The van der Waals surface area contributed by atoms with Gasteiger partial charge in [0, 0.05) is 26.1 Å². The number of benzene rings is 3. The van der Waals surface area contributed by atoms with E-state index in [-0.39, 0.29) is 11.5 Å². The monoisotopic (exact) mass is 455 g/mol.